The van der Waals surface area contributed by atoms with Crippen LogP contribution in [0.1, 0.15) is 10.9 Å². The Hall–Kier alpha value is -1.14. The van der Waals surface area contributed by atoms with E-state index in [4.69, 9.17) is 5.11 Å². The largest absolute Gasteiger partial charge is 0.480 e. The second-order valence-corrected chi connectivity index (χ2v) is 4.08. The summed E-state index contributed by atoms with van der Waals surface area (Å²) in [5.41, 5.74) is 0.918. The first kappa shape index (κ1) is 9.42. The minimum Gasteiger partial charge on any atom is -0.480 e. The average Bonchev–Trinajstić information content (AvgIpc) is 2.68. The number of thioether (sulfide) groups is 1. The molecule has 5 nitrogen and oxygen atoms in total. The number of aromatic nitrogens is 2. The van der Waals surface area contributed by atoms with Crippen molar-refractivity contribution in [3.05, 3.63) is 24.3 Å². The molecule has 1 fully saturated rings. The molecule has 2 atom stereocenters. The van der Waals surface area contributed by atoms with Gasteiger partial charge in [-0.15, -0.1) is 11.8 Å². The molecule has 0 bridgehead atoms. The third-order valence-corrected chi connectivity index (χ3v) is 3.23. The predicted molar refractivity (Wildman–Crippen MR) is 51.8 cm³/mol. The fraction of sp³-hybridized carbons (Fsp3) is 0.375. The lowest BCUT2D eigenvalue weighted by atomic mass is 10.3. The van der Waals surface area contributed by atoms with Crippen molar-refractivity contribution in [2.45, 2.75) is 11.4 Å². The number of carboxylic acids is 1. The second kappa shape index (κ2) is 3.93. The molecule has 1 aromatic rings. The fourth-order valence-electron chi connectivity index (χ4n) is 1.25. The number of rotatable bonds is 2. The van der Waals surface area contributed by atoms with E-state index in [-0.39, 0.29) is 5.37 Å². The first-order valence-electron chi connectivity index (χ1n) is 4.13. The minimum atomic E-state index is -0.808. The maximum absolute atomic E-state index is 10.7. The summed E-state index contributed by atoms with van der Waals surface area (Å²) in [6.45, 7) is 0. The number of nitrogens with one attached hydrogen (secondary N) is 1. The molecule has 1 aromatic heterocycles. The quantitative estimate of drug-likeness (QED) is 0.731. The van der Waals surface area contributed by atoms with Crippen LogP contribution in [0.25, 0.3) is 0 Å². The highest BCUT2D eigenvalue weighted by Gasteiger charge is 2.30. The molecule has 2 rings (SSSR count). The van der Waals surface area contributed by atoms with Gasteiger partial charge < -0.3 is 5.11 Å². The summed E-state index contributed by atoms with van der Waals surface area (Å²) < 4.78 is 0. The predicted octanol–water partition coefficient (Wildman–Crippen LogP) is 0.265. The SMILES string of the molecule is O=C(O)[C@@H]1CSC(c2cncnc2)N1. The van der Waals surface area contributed by atoms with Gasteiger partial charge in [0.15, 0.2) is 0 Å². The Labute approximate surface area is 85.0 Å². The van der Waals surface area contributed by atoms with E-state index in [1.165, 1.54) is 6.33 Å². The van der Waals surface area contributed by atoms with Crippen molar-refractivity contribution in [1.29, 1.82) is 0 Å². The Morgan fingerprint density at radius 2 is 2.29 bits per heavy atom. The lowest BCUT2D eigenvalue weighted by Gasteiger charge is -2.09. The van der Waals surface area contributed by atoms with Gasteiger partial charge in [-0.3, -0.25) is 10.1 Å². The zero-order valence-electron chi connectivity index (χ0n) is 7.25. The van der Waals surface area contributed by atoms with Crippen LogP contribution in [0.5, 0.6) is 0 Å². The van der Waals surface area contributed by atoms with Crippen molar-refractivity contribution in [3.63, 3.8) is 0 Å². The highest BCUT2D eigenvalue weighted by atomic mass is 32.2. The molecule has 0 saturated carbocycles. The molecule has 0 aliphatic carbocycles. The molecule has 1 saturated heterocycles. The highest BCUT2D eigenvalue weighted by molar-refractivity contribution is 7.99. The standard InChI is InChI=1S/C8H9N3O2S/c12-8(13)6-3-14-7(11-6)5-1-9-4-10-2-5/h1-2,4,6-7,11H,3H2,(H,12,13)/t6-,7?/m0/s1. The van der Waals surface area contributed by atoms with Crippen LogP contribution in [-0.2, 0) is 4.79 Å². The molecule has 0 spiro atoms. The molecule has 1 unspecified atom stereocenters. The van der Waals surface area contributed by atoms with Gasteiger partial charge in [-0.2, -0.15) is 0 Å². The molecule has 6 heteroatoms. The van der Waals surface area contributed by atoms with E-state index >= 15 is 0 Å². The van der Waals surface area contributed by atoms with E-state index in [0.717, 1.165) is 5.56 Å². The van der Waals surface area contributed by atoms with Gasteiger partial charge in [0.1, 0.15) is 12.4 Å². The number of aliphatic carboxylic acids is 1. The molecule has 0 amide bonds. The van der Waals surface area contributed by atoms with Gasteiger partial charge >= 0.3 is 5.97 Å². The van der Waals surface area contributed by atoms with Crippen LogP contribution in [0.4, 0.5) is 0 Å². The first-order valence-corrected chi connectivity index (χ1v) is 5.17. The third-order valence-electron chi connectivity index (χ3n) is 1.96. The lowest BCUT2D eigenvalue weighted by Crippen LogP contribution is -2.33. The van der Waals surface area contributed by atoms with Crippen molar-refractivity contribution in [2.24, 2.45) is 0 Å². The number of hydrogen-bond acceptors (Lipinski definition) is 5. The Bertz CT molecular complexity index is 333. The topological polar surface area (TPSA) is 75.1 Å². The Morgan fingerprint density at radius 3 is 2.86 bits per heavy atom. The molecule has 2 N–H and O–H groups in total. The average molecular weight is 211 g/mol. The van der Waals surface area contributed by atoms with Gasteiger partial charge in [-0.25, -0.2) is 9.97 Å². The smallest absolute Gasteiger partial charge is 0.321 e. The molecule has 0 aromatic carbocycles. The maximum Gasteiger partial charge on any atom is 0.321 e. The summed E-state index contributed by atoms with van der Waals surface area (Å²) in [5.74, 6) is -0.230. The van der Waals surface area contributed by atoms with Gasteiger partial charge in [0.25, 0.3) is 0 Å². The van der Waals surface area contributed by atoms with Crippen LogP contribution >= 0.6 is 11.8 Å². The molecule has 2 heterocycles. The summed E-state index contributed by atoms with van der Waals surface area (Å²) in [5, 5.41) is 11.8. The minimum absolute atomic E-state index is 0.00250. The summed E-state index contributed by atoms with van der Waals surface area (Å²) in [7, 11) is 0. The summed E-state index contributed by atoms with van der Waals surface area (Å²) in [4.78, 5) is 18.4. The molecule has 14 heavy (non-hydrogen) atoms. The Balaban J connectivity index is 2.06. The van der Waals surface area contributed by atoms with Gasteiger partial charge in [0, 0.05) is 23.7 Å². The van der Waals surface area contributed by atoms with Gasteiger partial charge in [-0.1, -0.05) is 0 Å². The van der Waals surface area contributed by atoms with Crippen molar-refractivity contribution >= 4 is 17.7 Å². The monoisotopic (exact) mass is 211 g/mol. The Morgan fingerprint density at radius 1 is 1.57 bits per heavy atom. The van der Waals surface area contributed by atoms with Crippen molar-refractivity contribution < 1.29 is 9.90 Å². The van der Waals surface area contributed by atoms with Crippen LogP contribution in [0.3, 0.4) is 0 Å². The van der Waals surface area contributed by atoms with Crippen molar-refractivity contribution in [1.82, 2.24) is 15.3 Å². The first-order chi connectivity index (χ1) is 6.77. The van der Waals surface area contributed by atoms with Gasteiger partial charge in [-0.05, 0) is 0 Å². The van der Waals surface area contributed by atoms with E-state index in [1.807, 2.05) is 0 Å². The van der Waals surface area contributed by atoms with E-state index < -0.39 is 12.0 Å². The number of nitrogens with zero attached hydrogens (tertiary/aromatic N) is 2. The summed E-state index contributed by atoms with van der Waals surface area (Å²) >= 11 is 1.56. The molecule has 1 aliphatic heterocycles. The second-order valence-electron chi connectivity index (χ2n) is 2.94. The summed E-state index contributed by atoms with van der Waals surface area (Å²) in [6, 6.07) is -0.467. The van der Waals surface area contributed by atoms with Crippen LogP contribution in [-0.4, -0.2) is 32.8 Å². The molecular formula is C8H9N3O2S. The van der Waals surface area contributed by atoms with Crippen LogP contribution in [0, 0.1) is 0 Å². The normalized spacial score (nSPS) is 26.3. The lowest BCUT2D eigenvalue weighted by molar-refractivity contribution is -0.138. The van der Waals surface area contributed by atoms with E-state index in [2.05, 4.69) is 15.3 Å². The van der Waals surface area contributed by atoms with Crippen LogP contribution in [0.2, 0.25) is 0 Å². The zero-order valence-corrected chi connectivity index (χ0v) is 8.07. The highest BCUT2D eigenvalue weighted by Crippen LogP contribution is 2.31. The molecule has 74 valence electrons. The zero-order chi connectivity index (χ0) is 9.97. The Kier molecular flexibility index (Phi) is 2.64. The van der Waals surface area contributed by atoms with Crippen LogP contribution < -0.4 is 5.32 Å². The van der Waals surface area contributed by atoms with Crippen molar-refractivity contribution in [3.8, 4) is 0 Å². The molecule has 0 radical (unpaired) electrons. The molecular weight excluding hydrogens is 202 g/mol. The van der Waals surface area contributed by atoms with E-state index in [9.17, 15) is 4.79 Å². The van der Waals surface area contributed by atoms with E-state index in [0.29, 0.717) is 5.75 Å². The van der Waals surface area contributed by atoms with Crippen LogP contribution in [0.15, 0.2) is 18.7 Å². The van der Waals surface area contributed by atoms with Crippen molar-refractivity contribution in [2.75, 3.05) is 5.75 Å². The van der Waals surface area contributed by atoms with Gasteiger partial charge in [0.05, 0.1) is 5.37 Å². The third kappa shape index (κ3) is 1.85. The number of carboxylic acid groups (broad SMARTS) is 1. The fourth-order valence-corrected chi connectivity index (χ4v) is 2.45. The maximum atomic E-state index is 10.7. The van der Waals surface area contributed by atoms with E-state index in [1.54, 1.807) is 24.2 Å². The van der Waals surface area contributed by atoms with Gasteiger partial charge in [0.2, 0.25) is 0 Å². The number of carbonyl (C=O) groups is 1. The number of hydrogen-bond donors (Lipinski definition) is 2. The molecule has 1 aliphatic rings. The summed E-state index contributed by atoms with van der Waals surface area (Å²) in [6.07, 6.45) is 4.85.